The molecule has 5 nitrogen and oxygen atoms in total. The number of esters is 1. The van der Waals surface area contributed by atoms with E-state index in [1.54, 1.807) is 37.1 Å². The molecule has 1 aliphatic heterocycles. The number of cyclic esters (lactones) is 1. The van der Waals surface area contributed by atoms with Crippen LogP contribution in [-0.4, -0.2) is 24.0 Å². The molecule has 0 aliphatic carbocycles. The van der Waals surface area contributed by atoms with Crippen molar-refractivity contribution < 1.29 is 14.3 Å². The number of aromatic nitrogens is 1. The first-order valence-electron chi connectivity index (χ1n) is 10.4. The number of ether oxygens (including phenoxy) is 2. The van der Waals surface area contributed by atoms with Crippen LogP contribution in [0.4, 0.5) is 0 Å². The Labute approximate surface area is 195 Å². The Kier molecular flexibility index (Phi) is 5.67. The average Bonchev–Trinajstić information content (AvgIpc) is 3.21. The van der Waals surface area contributed by atoms with Crippen LogP contribution >= 0.6 is 11.8 Å². The highest BCUT2D eigenvalue weighted by Crippen LogP contribution is 2.33. The normalized spacial score (nSPS) is 14.4. The fourth-order valence-electron chi connectivity index (χ4n) is 3.43. The lowest BCUT2D eigenvalue weighted by Crippen LogP contribution is -2.05. The van der Waals surface area contributed by atoms with E-state index >= 15 is 0 Å². The van der Waals surface area contributed by atoms with Gasteiger partial charge in [-0.15, -0.1) is 0 Å². The zero-order valence-electron chi connectivity index (χ0n) is 18.1. The Bertz CT molecular complexity index is 1410. The Morgan fingerprint density at radius 3 is 2.48 bits per heavy atom. The van der Waals surface area contributed by atoms with Gasteiger partial charge >= 0.3 is 5.97 Å². The van der Waals surface area contributed by atoms with Gasteiger partial charge in [0.15, 0.2) is 5.70 Å². The second-order valence-electron chi connectivity index (χ2n) is 7.56. The lowest BCUT2D eigenvalue weighted by molar-refractivity contribution is -0.129. The van der Waals surface area contributed by atoms with E-state index in [-0.39, 0.29) is 11.6 Å². The maximum Gasteiger partial charge on any atom is 0.363 e. The molecule has 162 valence electrons. The van der Waals surface area contributed by atoms with Gasteiger partial charge in [0.05, 0.1) is 12.6 Å². The van der Waals surface area contributed by atoms with Crippen LogP contribution in [0.2, 0.25) is 0 Å². The molecular weight excluding hydrogens is 432 g/mol. The predicted molar refractivity (Wildman–Crippen MR) is 131 cm³/mol. The molecule has 0 atom stereocenters. The van der Waals surface area contributed by atoms with Crippen molar-refractivity contribution in [2.24, 2.45) is 4.99 Å². The van der Waals surface area contributed by atoms with Crippen LogP contribution < -0.4 is 4.74 Å². The van der Waals surface area contributed by atoms with E-state index in [0.29, 0.717) is 5.56 Å². The number of rotatable bonds is 5. The first-order chi connectivity index (χ1) is 16.1. The van der Waals surface area contributed by atoms with Crippen LogP contribution in [0.15, 0.2) is 99.5 Å². The smallest absolute Gasteiger partial charge is 0.363 e. The third kappa shape index (κ3) is 4.52. The van der Waals surface area contributed by atoms with Crippen molar-refractivity contribution in [2.75, 3.05) is 7.11 Å². The maximum absolute atomic E-state index is 12.6. The van der Waals surface area contributed by atoms with Gasteiger partial charge in [-0.1, -0.05) is 47.7 Å². The van der Waals surface area contributed by atoms with Crippen molar-refractivity contribution in [1.82, 2.24) is 4.98 Å². The van der Waals surface area contributed by atoms with E-state index in [2.05, 4.69) is 36.2 Å². The Morgan fingerprint density at radius 1 is 0.970 bits per heavy atom. The lowest BCUT2D eigenvalue weighted by Gasteiger charge is -2.08. The highest BCUT2D eigenvalue weighted by atomic mass is 32.2. The van der Waals surface area contributed by atoms with Crippen molar-refractivity contribution in [1.29, 1.82) is 0 Å². The lowest BCUT2D eigenvalue weighted by atomic mass is 10.1. The molecule has 0 fully saturated rings. The second kappa shape index (κ2) is 8.92. The first kappa shape index (κ1) is 21.0. The Morgan fingerprint density at radius 2 is 1.73 bits per heavy atom. The molecule has 0 saturated carbocycles. The molecule has 0 radical (unpaired) electrons. The number of hydrogen-bond donors (Lipinski definition) is 0. The molecule has 0 saturated heterocycles. The van der Waals surface area contributed by atoms with Gasteiger partial charge in [0.2, 0.25) is 5.90 Å². The summed E-state index contributed by atoms with van der Waals surface area (Å²) >= 11 is 1.55. The van der Waals surface area contributed by atoms with Gasteiger partial charge in [0.25, 0.3) is 0 Å². The summed E-state index contributed by atoms with van der Waals surface area (Å²) in [6.07, 6.45) is 1.74. The molecule has 0 bridgehead atoms. The molecule has 1 aromatic heterocycles. The summed E-state index contributed by atoms with van der Waals surface area (Å²) in [4.78, 5) is 23.0. The van der Waals surface area contributed by atoms with Gasteiger partial charge < -0.3 is 9.47 Å². The van der Waals surface area contributed by atoms with E-state index < -0.39 is 5.97 Å². The molecule has 3 aromatic carbocycles. The largest absolute Gasteiger partial charge is 0.497 e. The minimum atomic E-state index is -0.486. The number of aliphatic imine (C=N–C) groups is 1. The van der Waals surface area contributed by atoms with Crippen molar-refractivity contribution >= 4 is 40.6 Å². The minimum Gasteiger partial charge on any atom is -0.497 e. The van der Waals surface area contributed by atoms with Crippen LogP contribution in [-0.2, 0) is 9.53 Å². The van der Waals surface area contributed by atoms with E-state index in [4.69, 9.17) is 14.5 Å². The highest BCUT2D eigenvalue weighted by Gasteiger charge is 2.25. The zero-order chi connectivity index (χ0) is 22.8. The number of fused-ring (bicyclic) bond motifs is 1. The van der Waals surface area contributed by atoms with Gasteiger partial charge in [-0.05, 0) is 61.5 Å². The van der Waals surface area contributed by atoms with Gasteiger partial charge in [-0.3, -0.25) is 0 Å². The van der Waals surface area contributed by atoms with Gasteiger partial charge in [-0.25, -0.2) is 14.8 Å². The number of carbonyl (C=O) groups is 1. The van der Waals surface area contributed by atoms with Gasteiger partial charge in [0.1, 0.15) is 10.8 Å². The van der Waals surface area contributed by atoms with Crippen LogP contribution in [0.5, 0.6) is 5.75 Å². The molecule has 4 aromatic rings. The summed E-state index contributed by atoms with van der Waals surface area (Å²) in [5.74, 6) is 0.509. The molecule has 33 heavy (non-hydrogen) atoms. The predicted octanol–water partition coefficient (Wildman–Crippen LogP) is 6.05. The summed E-state index contributed by atoms with van der Waals surface area (Å²) < 4.78 is 10.6. The van der Waals surface area contributed by atoms with E-state index in [9.17, 15) is 4.79 Å². The standard InChI is InChI=1S/C27H20N2O3S/c1-17-7-13-22(14-8-17)33-26-20(15-19-5-3-4-6-23(19)29-26)16-24-27(30)32-25(28-24)18-9-11-21(31-2)12-10-18/h3-16H,1-2H3/b24-16+. The number of pyridine rings is 1. The number of benzene rings is 3. The van der Waals surface area contributed by atoms with Crippen LogP contribution in [0.25, 0.3) is 17.0 Å². The number of aryl methyl sites for hydroxylation is 1. The third-order valence-corrected chi connectivity index (χ3v) is 6.23. The second-order valence-corrected chi connectivity index (χ2v) is 8.62. The topological polar surface area (TPSA) is 60.8 Å². The molecule has 0 amide bonds. The summed E-state index contributed by atoms with van der Waals surface area (Å²) in [7, 11) is 1.60. The van der Waals surface area contributed by atoms with Crippen LogP contribution in [0, 0.1) is 6.92 Å². The Balaban J connectivity index is 1.55. The first-order valence-corrected chi connectivity index (χ1v) is 11.2. The monoisotopic (exact) mass is 452 g/mol. The number of methoxy groups -OCH3 is 1. The average molecular weight is 453 g/mol. The van der Waals surface area contributed by atoms with Crippen LogP contribution in [0.1, 0.15) is 16.7 Å². The number of para-hydroxylation sites is 1. The number of nitrogens with zero attached hydrogens (tertiary/aromatic N) is 2. The summed E-state index contributed by atoms with van der Waals surface area (Å²) in [6.45, 7) is 2.06. The fraction of sp³-hybridized carbons (Fsp3) is 0.0741. The SMILES string of the molecule is COc1ccc(C2=N/C(=C/c3cc4ccccc4nc3Sc3ccc(C)cc3)C(=O)O2)cc1. The molecule has 2 heterocycles. The summed E-state index contributed by atoms with van der Waals surface area (Å²) in [6, 6.07) is 25.4. The zero-order valence-corrected chi connectivity index (χ0v) is 18.9. The van der Waals surface area contributed by atoms with Crippen molar-refractivity contribution in [2.45, 2.75) is 16.8 Å². The van der Waals surface area contributed by atoms with E-state index in [1.165, 1.54) is 5.56 Å². The van der Waals surface area contributed by atoms with Crippen molar-refractivity contribution in [3.63, 3.8) is 0 Å². The third-order valence-electron chi connectivity index (χ3n) is 5.20. The van der Waals surface area contributed by atoms with E-state index in [1.807, 2.05) is 42.5 Å². The summed E-state index contributed by atoms with van der Waals surface area (Å²) in [5, 5.41) is 1.79. The molecule has 1 aliphatic rings. The van der Waals surface area contributed by atoms with Crippen molar-refractivity contribution in [3.8, 4) is 5.75 Å². The number of hydrogen-bond acceptors (Lipinski definition) is 6. The molecule has 0 unspecified atom stereocenters. The molecule has 5 rings (SSSR count). The van der Waals surface area contributed by atoms with Gasteiger partial charge in [0, 0.05) is 21.4 Å². The van der Waals surface area contributed by atoms with E-state index in [0.717, 1.165) is 32.1 Å². The van der Waals surface area contributed by atoms with Crippen molar-refractivity contribution in [3.05, 3.63) is 101 Å². The summed E-state index contributed by atoms with van der Waals surface area (Å²) in [5.41, 5.74) is 3.85. The molecule has 0 spiro atoms. The quantitative estimate of drug-likeness (QED) is 0.273. The molecular formula is C27H20N2O3S. The Hall–Kier alpha value is -3.90. The minimum absolute atomic E-state index is 0.239. The fourth-order valence-corrected chi connectivity index (χ4v) is 4.31. The van der Waals surface area contributed by atoms with Crippen LogP contribution in [0.3, 0.4) is 0 Å². The maximum atomic E-state index is 12.6. The number of carbonyl (C=O) groups excluding carboxylic acids is 1. The molecule has 6 heteroatoms. The highest BCUT2D eigenvalue weighted by molar-refractivity contribution is 7.99. The molecule has 0 N–H and O–H groups in total. The van der Waals surface area contributed by atoms with Gasteiger partial charge in [-0.2, -0.15) is 0 Å².